The Morgan fingerprint density at radius 2 is 1.95 bits per heavy atom. The lowest BCUT2D eigenvalue weighted by atomic mass is 9.84. The number of halogens is 1. The quantitative estimate of drug-likeness (QED) is 0.184. The molecule has 2 heterocycles. The van der Waals surface area contributed by atoms with Gasteiger partial charge in [-0.2, -0.15) is 0 Å². The molecule has 8 heteroatoms. The standard InChI is InChI=1S/C29H23ClO7/c1-15(2)13-35-28-18(5-4-6-22(28)34-3)19-11-24(32)37-23-12-21(31)26-27(33)20(14-36-29(26)25(19)23)16-7-9-17(30)10-8-16/h4-10,12,14,19,31H,1,11,13H2,2-3H3/t19-/m0/s1. The van der Waals surface area contributed by atoms with Crippen molar-refractivity contribution in [2.24, 2.45) is 0 Å². The highest BCUT2D eigenvalue weighted by Crippen LogP contribution is 2.49. The SMILES string of the molecule is C=C(C)COc1c(OC)cccc1[C@@H]1CC(=O)Oc2cc(O)c3c(=O)c(-c4ccc(Cl)cc4)coc3c21. The molecule has 0 radical (unpaired) electrons. The first-order valence-electron chi connectivity index (χ1n) is 11.5. The van der Waals surface area contributed by atoms with Gasteiger partial charge in [-0.05, 0) is 36.3 Å². The fourth-order valence-corrected chi connectivity index (χ4v) is 4.67. The molecule has 0 saturated carbocycles. The van der Waals surface area contributed by atoms with Crippen molar-refractivity contribution < 1.29 is 28.5 Å². The van der Waals surface area contributed by atoms with Crippen molar-refractivity contribution in [2.45, 2.75) is 19.3 Å². The largest absolute Gasteiger partial charge is 0.507 e. The molecule has 1 aromatic heterocycles. The van der Waals surface area contributed by atoms with Crippen molar-refractivity contribution in [2.75, 3.05) is 13.7 Å². The lowest BCUT2D eigenvalue weighted by Crippen LogP contribution is -2.22. The summed E-state index contributed by atoms with van der Waals surface area (Å²) in [6, 6.07) is 13.4. The summed E-state index contributed by atoms with van der Waals surface area (Å²) in [5.41, 5.74) is 2.46. The highest BCUT2D eigenvalue weighted by atomic mass is 35.5. The topological polar surface area (TPSA) is 95.2 Å². The monoisotopic (exact) mass is 518 g/mol. The number of hydrogen-bond donors (Lipinski definition) is 1. The fraction of sp³-hybridized carbons (Fsp3) is 0.172. The number of aromatic hydroxyl groups is 1. The van der Waals surface area contributed by atoms with Gasteiger partial charge in [0.15, 0.2) is 11.5 Å². The molecule has 1 aliphatic heterocycles. The van der Waals surface area contributed by atoms with Gasteiger partial charge in [0.2, 0.25) is 5.43 Å². The van der Waals surface area contributed by atoms with Crippen molar-refractivity contribution in [3.05, 3.63) is 93.3 Å². The minimum Gasteiger partial charge on any atom is -0.507 e. The third kappa shape index (κ3) is 4.42. The zero-order chi connectivity index (χ0) is 26.3. The van der Waals surface area contributed by atoms with E-state index in [1.165, 1.54) is 19.4 Å². The number of fused-ring (bicyclic) bond motifs is 3. The summed E-state index contributed by atoms with van der Waals surface area (Å²) >= 11 is 5.99. The van der Waals surface area contributed by atoms with Crippen LogP contribution in [0.2, 0.25) is 5.02 Å². The van der Waals surface area contributed by atoms with Gasteiger partial charge in [0.1, 0.15) is 35.3 Å². The Bertz CT molecular complexity index is 1600. The van der Waals surface area contributed by atoms with E-state index in [0.29, 0.717) is 33.2 Å². The average molecular weight is 519 g/mol. The molecule has 0 amide bonds. The van der Waals surface area contributed by atoms with Crippen LogP contribution in [0.5, 0.6) is 23.0 Å². The Balaban J connectivity index is 1.75. The van der Waals surface area contributed by atoms with Crippen molar-refractivity contribution >= 4 is 28.5 Å². The maximum absolute atomic E-state index is 13.6. The Morgan fingerprint density at radius 3 is 2.65 bits per heavy atom. The normalized spacial score (nSPS) is 14.7. The van der Waals surface area contributed by atoms with E-state index in [2.05, 4.69) is 6.58 Å². The van der Waals surface area contributed by atoms with Crippen molar-refractivity contribution in [3.63, 3.8) is 0 Å². The molecule has 1 aliphatic rings. The summed E-state index contributed by atoms with van der Waals surface area (Å²) in [6.07, 6.45) is 1.30. The maximum Gasteiger partial charge on any atom is 0.312 e. The first kappa shape index (κ1) is 24.5. The third-order valence-electron chi connectivity index (χ3n) is 6.19. The Kier molecular flexibility index (Phi) is 6.39. The predicted molar refractivity (Wildman–Crippen MR) is 140 cm³/mol. The van der Waals surface area contributed by atoms with Gasteiger partial charge >= 0.3 is 5.97 Å². The first-order chi connectivity index (χ1) is 17.8. The molecule has 0 saturated heterocycles. The molecule has 0 fully saturated rings. The van der Waals surface area contributed by atoms with E-state index in [9.17, 15) is 14.7 Å². The number of phenols is 1. The molecule has 4 aromatic rings. The van der Waals surface area contributed by atoms with Crippen LogP contribution in [0.4, 0.5) is 0 Å². The van der Waals surface area contributed by atoms with E-state index >= 15 is 0 Å². The molecule has 7 nitrogen and oxygen atoms in total. The smallest absolute Gasteiger partial charge is 0.312 e. The molecule has 0 aliphatic carbocycles. The number of methoxy groups -OCH3 is 1. The van der Waals surface area contributed by atoms with Crippen LogP contribution >= 0.6 is 11.6 Å². The number of phenolic OH excluding ortho intramolecular Hbond substituents is 1. The van der Waals surface area contributed by atoms with Crippen molar-refractivity contribution in [3.8, 4) is 34.1 Å². The van der Waals surface area contributed by atoms with Gasteiger partial charge in [0.25, 0.3) is 0 Å². The number of para-hydroxylation sites is 1. The second kappa shape index (κ2) is 9.67. The van der Waals surface area contributed by atoms with E-state index in [0.717, 1.165) is 5.57 Å². The molecule has 1 atom stereocenters. The fourth-order valence-electron chi connectivity index (χ4n) is 4.54. The summed E-state index contributed by atoms with van der Waals surface area (Å²) < 4.78 is 23.0. The number of benzene rings is 3. The van der Waals surface area contributed by atoms with Gasteiger partial charge < -0.3 is 23.7 Å². The van der Waals surface area contributed by atoms with E-state index in [4.69, 9.17) is 30.2 Å². The maximum atomic E-state index is 13.6. The average Bonchev–Trinajstić information content (AvgIpc) is 2.87. The number of carbonyl (C=O) groups is 1. The number of ether oxygens (including phenoxy) is 3. The Morgan fingerprint density at radius 1 is 1.19 bits per heavy atom. The molecule has 0 unspecified atom stereocenters. The molecule has 1 N–H and O–H groups in total. The lowest BCUT2D eigenvalue weighted by molar-refractivity contribution is -0.135. The molecule has 3 aromatic carbocycles. The summed E-state index contributed by atoms with van der Waals surface area (Å²) in [5, 5.41) is 11.3. The van der Waals surface area contributed by atoms with Gasteiger partial charge in [0.05, 0.1) is 19.1 Å². The molecular formula is C29H23ClO7. The van der Waals surface area contributed by atoms with Crippen molar-refractivity contribution in [1.82, 2.24) is 0 Å². The summed E-state index contributed by atoms with van der Waals surface area (Å²) in [7, 11) is 1.53. The van der Waals surface area contributed by atoms with Gasteiger partial charge in [-0.15, -0.1) is 0 Å². The van der Waals surface area contributed by atoms with Crippen LogP contribution in [-0.4, -0.2) is 24.8 Å². The highest BCUT2D eigenvalue weighted by molar-refractivity contribution is 6.30. The number of esters is 1. The molecule has 5 rings (SSSR count). The summed E-state index contributed by atoms with van der Waals surface area (Å²) in [5.74, 6) is -0.406. The molecule has 0 bridgehead atoms. The van der Waals surface area contributed by atoms with Crippen LogP contribution in [-0.2, 0) is 4.79 Å². The minimum absolute atomic E-state index is 0.0125. The van der Waals surface area contributed by atoms with Crippen molar-refractivity contribution in [1.29, 1.82) is 0 Å². The highest BCUT2D eigenvalue weighted by Gasteiger charge is 2.36. The second-order valence-corrected chi connectivity index (χ2v) is 9.29. The van der Waals surface area contributed by atoms with Crippen LogP contribution in [0, 0.1) is 0 Å². The lowest BCUT2D eigenvalue weighted by Gasteiger charge is -2.27. The van der Waals surface area contributed by atoms with Gasteiger partial charge in [-0.25, -0.2) is 0 Å². The molecule has 37 heavy (non-hydrogen) atoms. The Hall–Kier alpha value is -4.23. The van der Waals surface area contributed by atoms with E-state index < -0.39 is 17.3 Å². The first-order valence-corrected chi connectivity index (χ1v) is 11.9. The van der Waals surface area contributed by atoms with E-state index in [-0.39, 0.29) is 41.1 Å². The van der Waals surface area contributed by atoms with Crippen LogP contribution in [0.15, 0.2) is 76.2 Å². The zero-order valence-electron chi connectivity index (χ0n) is 20.2. The minimum atomic E-state index is -0.598. The van der Waals surface area contributed by atoms with Gasteiger partial charge in [-0.1, -0.05) is 42.4 Å². The van der Waals surface area contributed by atoms with Crippen LogP contribution in [0.3, 0.4) is 0 Å². The second-order valence-electron chi connectivity index (χ2n) is 8.85. The van der Waals surface area contributed by atoms with Gasteiger partial charge in [-0.3, -0.25) is 9.59 Å². The van der Waals surface area contributed by atoms with E-state index in [1.807, 2.05) is 13.0 Å². The summed E-state index contributed by atoms with van der Waals surface area (Å²) in [6.45, 7) is 5.97. The van der Waals surface area contributed by atoms with Gasteiger partial charge in [0, 0.05) is 28.1 Å². The Labute approximate surface area is 217 Å². The van der Waals surface area contributed by atoms with Crippen LogP contribution in [0.25, 0.3) is 22.1 Å². The third-order valence-corrected chi connectivity index (χ3v) is 6.45. The predicted octanol–water partition coefficient (Wildman–Crippen LogP) is 6.22. The number of hydrogen-bond acceptors (Lipinski definition) is 7. The number of rotatable bonds is 6. The molecular weight excluding hydrogens is 496 g/mol. The number of carbonyl (C=O) groups excluding carboxylic acids is 1. The van der Waals surface area contributed by atoms with Crippen LogP contribution < -0.4 is 19.6 Å². The molecule has 0 spiro atoms. The summed E-state index contributed by atoms with van der Waals surface area (Å²) in [4.78, 5) is 26.2. The molecule has 188 valence electrons. The zero-order valence-corrected chi connectivity index (χ0v) is 20.9. The van der Waals surface area contributed by atoms with E-state index in [1.54, 1.807) is 36.4 Å². The van der Waals surface area contributed by atoms with Crippen LogP contribution in [0.1, 0.15) is 30.4 Å².